The summed E-state index contributed by atoms with van der Waals surface area (Å²) in [6.45, 7) is 0. The highest BCUT2D eigenvalue weighted by Crippen LogP contribution is 2.41. The maximum Gasteiger partial charge on any atom is 0.305 e. The Bertz CT molecular complexity index is 575. The zero-order valence-corrected chi connectivity index (χ0v) is 11.9. The number of nitro benzene ring substituents is 1. The summed E-state index contributed by atoms with van der Waals surface area (Å²) in [6, 6.07) is 2.09. The largest absolute Gasteiger partial charge is 0.481 e. The lowest BCUT2D eigenvalue weighted by Gasteiger charge is -2.42. The van der Waals surface area contributed by atoms with Crippen LogP contribution in [0.2, 0.25) is 0 Å². The second kappa shape index (κ2) is 5.35. The van der Waals surface area contributed by atoms with E-state index in [1.807, 2.05) is 0 Å². The van der Waals surface area contributed by atoms with Crippen LogP contribution in [-0.4, -0.2) is 21.5 Å². The van der Waals surface area contributed by atoms with Crippen LogP contribution in [0.3, 0.4) is 0 Å². The van der Waals surface area contributed by atoms with Crippen molar-refractivity contribution in [2.75, 3.05) is 5.32 Å². The maximum absolute atomic E-state index is 13.6. The molecule has 6 nitrogen and oxygen atoms in total. The van der Waals surface area contributed by atoms with E-state index in [2.05, 4.69) is 21.2 Å². The molecule has 20 heavy (non-hydrogen) atoms. The molecule has 8 heteroatoms. The zero-order valence-electron chi connectivity index (χ0n) is 10.4. The van der Waals surface area contributed by atoms with Crippen molar-refractivity contribution in [2.45, 2.75) is 31.2 Å². The molecule has 1 aromatic carbocycles. The molecule has 0 unspecified atom stereocenters. The molecule has 1 fully saturated rings. The van der Waals surface area contributed by atoms with Gasteiger partial charge in [-0.1, -0.05) is 0 Å². The minimum atomic E-state index is -0.988. The van der Waals surface area contributed by atoms with E-state index < -0.39 is 22.2 Å². The third-order valence-corrected chi connectivity index (χ3v) is 4.04. The lowest BCUT2D eigenvalue weighted by molar-refractivity contribution is -0.384. The molecule has 0 radical (unpaired) electrons. The number of hydrogen-bond donors (Lipinski definition) is 2. The van der Waals surface area contributed by atoms with E-state index in [1.165, 1.54) is 0 Å². The second-order valence-corrected chi connectivity index (χ2v) is 5.72. The van der Waals surface area contributed by atoms with Crippen molar-refractivity contribution in [3.05, 3.63) is 32.5 Å². The molecule has 0 saturated heterocycles. The van der Waals surface area contributed by atoms with Gasteiger partial charge in [-0.2, -0.15) is 0 Å². The molecule has 1 aromatic rings. The minimum absolute atomic E-state index is 0.00403. The number of aliphatic carboxylic acids is 1. The number of anilines is 1. The molecule has 0 spiro atoms. The number of nitro groups is 1. The Labute approximate surface area is 122 Å². The Morgan fingerprint density at radius 1 is 1.55 bits per heavy atom. The molecular formula is C12H12BrFN2O4. The van der Waals surface area contributed by atoms with Gasteiger partial charge in [0, 0.05) is 17.7 Å². The Balaban J connectivity index is 2.34. The molecule has 1 aliphatic rings. The van der Waals surface area contributed by atoms with Gasteiger partial charge >= 0.3 is 5.97 Å². The normalized spacial score (nSPS) is 16.3. The van der Waals surface area contributed by atoms with E-state index >= 15 is 0 Å². The Hall–Kier alpha value is -1.70. The van der Waals surface area contributed by atoms with Crippen LogP contribution in [0.5, 0.6) is 0 Å². The standard InChI is InChI=1S/C12H12BrFN2O4/c13-7-4-10(16(19)20)9(5-8(7)14)15-12(2-1-3-12)6-11(17)18/h4-5,15H,1-3,6H2,(H,17,18). The predicted molar refractivity (Wildman–Crippen MR) is 73.2 cm³/mol. The number of hydrogen-bond acceptors (Lipinski definition) is 4. The van der Waals surface area contributed by atoms with Crippen molar-refractivity contribution in [1.82, 2.24) is 0 Å². The summed E-state index contributed by atoms with van der Waals surface area (Å²) in [5.41, 5.74) is -0.997. The number of carboxylic acid groups (broad SMARTS) is 1. The van der Waals surface area contributed by atoms with Crippen molar-refractivity contribution in [3.8, 4) is 0 Å². The van der Waals surface area contributed by atoms with Gasteiger partial charge in [0.05, 0.1) is 15.8 Å². The number of rotatable bonds is 5. The fraction of sp³-hybridized carbons (Fsp3) is 0.417. The van der Waals surface area contributed by atoms with Crippen molar-refractivity contribution in [1.29, 1.82) is 0 Å². The number of carbonyl (C=O) groups is 1. The summed E-state index contributed by atoms with van der Waals surface area (Å²) in [4.78, 5) is 21.3. The topological polar surface area (TPSA) is 92.5 Å². The van der Waals surface area contributed by atoms with E-state index in [4.69, 9.17) is 5.11 Å². The van der Waals surface area contributed by atoms with Gasteiger partial charge in [-0.05, 0) is 35.2 Å². The highest BCUT2D eigenvalue weighted by Gasteiger charge is 2.40. The molecular weight excluding hydrogens is 335 g/mol. The van der Waals surface area contributed by atoms with Crippen LogP contribution >= 0.6 is 15.9 Å². The maximum atomic E-state index is 13.6. The monoisotopic (exact) mass is 346 g/mol. The molecule has 108 valence electrons. The smallest absolute Gasteiger partial charge is 0.305 e. The lowest BCUT2D eigenvalue weighted by Crippen LogP contribution is -2.46. The van der Waals surface area contributed by atoms with Gasteiger partial charge < -0.3 is 10.4 Å². The summed E-state index contributed by atoms with van der Waals surface area (Å²) in [5.74, 6) is -1.62. The molecule has 0 bridgehead atoms. The first kappa shape index (κ1) is 14.7. The second-order valence-electron chi connectivity index (χ2n) is 4.87. The molecule has 0 aromatic heterocycles. The third-order valence-electron chi connectivity index (χ3n) is 3.44. The van der Waals surface area contributed by atoms with Crippen LogP contribution in [0, 0.1) is 15.9 Å². The first-order valence-corrected chi connectivity index (χ1v) is 6.76. The van der Waals surface area contributed by atoms with Crippen molar-refractivity contribution >= 4 is 33.3 Å². The van der Waals surface area contributed by atoms with Crippen LogP contribution < -0.4 is 5.32 Å². The average Bonchev–Trinajstić information content (AvgIpc) is 2.29. The molecule has 0 atom stereocenters. The number of halogens is 2. The van der Waals surface area contributed by atoms with E-state index in [-0.39, 0.29) is 22.3 Å². The van der Waals surface area contributed by atoms with Crippen molar-refractivity contribution in [3.63, 3.8) is 0 Å². The third kappa shape index (κ3) is 2.90. The summed E-state index contributed by atoms with van der Waals surface area (Å²) in [7, 11) is 0. The number of benzene rings is 1. The first-order chi connectivity index (χ1) is 9.33. The van der Waals surface area contributed by atoms with Crippen LogP contribution in [0.15, 0.2) is 16.6 Å². The number of nitrogens with one attached hydrogen (secondary N) is 1. The number of nitrogens with zero attached hydrogens (tertiary/aromatic N) is 1. The zero-order chi connectivity index (χ0) is 14.9. The predicted octanol–water partition coefficient (Wildman–Crippen LogP) is 3.31. The Morgan fingerprint density at radius 3 is 2.65 bits per heavy atom. The van der Waals surface area contributed by atoms with Crippen molar-refractivity contribution < 1.29 is 19.2 Å². The lowest BCUT2D eigenvalue weighted by atomic mass is 9.74. The van der Waals surface area contributed by atoms with E-state index in [0.717, 1.165) is 18.6 Å². The molecule has 0 aliphatic heterocycles. The van der Waals surface area contributed by atoms with E-state index in [1.54, 1.807) is 0 Å². The molecule has 1 saturated carbocycles. The van der Waals surface area contributed by atoms with Crippen LogP contribution in [0.1, 0.15) is 25.7 Å². The van der Waals surface area contributed by atoms with Crippen molar-refractivity contribution in [2.24, 2.45) is 0 Å². The first-order valence-electron chi connectivity index (χ1n) is 5.96. The SMILES string of the molecule is O=C(O)CC1(Nc2cc(F)c(Br)cc2[N+](=O)[O-])CCC1. The highest BCUT2D eigenvalue weighted by atomic mass is 79.9. The van der Waals surface area contributed by atoms with Gasteiger partial charge in [0.15, 0.2) is 0 Å². The van der Waals surface area contributed by atoms with Gasteiger partial charge in [0.2, 0.25) is 0 Å². The quantitative estimate of drug-likeness (QED) is 0.630. The van der Waals surface area contributed by atoms with Crippen LogP contribution in [0.4, 0.5) is 15.8 Å². The van der Waals surface area contributed by atoms with Crippen LogP contribution in [0.25, 0.3) is 0 Å². The minimum Gasteiger partial charge on any atom is -0.481 e. The summed E-state index contributed by atoms with van der Waals surface area (Å²) >= 11 is 2.90. The van der Waals surface area contributed by atoms with E-state index in [0.29, 0.717) is 12.8 Å². The molecule has 2 N–H and O–H groups in total. The van der Waals surface area contributed by atoms with Gasteiger partial charge in [0.25, 0.3) is 5.69 Å². The number of carboxylic acids is 1. The van der Waals surface area contributed by atoms with Crippen LogP contribution in [-0.2, 0) is 4.79 Å². The van der Waals surface area contributed by atoms with Gasteiger partial charge in [-0.3, -0.25) is 14.9 Å². The molecule has 0 amide bonds. The van der Waals surface area contributed by atoms with Gasteiger partial charge in [0.1, 0.15) is 11.5 Å². The summed E-state index contributed by atoms with van der Waals surface area (Å²) in [6.07, 6.45) is 1.87. The fourth-order valence-electron chi connectivity index (χ4n) is 2.31. The molecule has 2 rings (SSSR count). The molecule has 0 heterocycles. The van der Waals surface area contributed by atoms with E-state index in [9.17, 15) is 19.3 Å². The fourth-order valence-corrected chi connectivity index (χ4v) is 2.64. The highest BCUT2D eigenvalue weighted by molar-refractivity contribution is 9.10. The average molecular weight is 347 g/mol. The van der Waals surface area contributed by atoms with Gasteiger partial charge in [-0.25, -0.2) is 4.39 Å². The Kier molecular flexibility index (Phi) is 3.94. The summed E-state index contributed by atoms with van der Waals surface area (Å²) < 4.78 is 13.6. The summed E-state index contributed by atoms with van der Waals surface area (Å²) in [5, 5.41) is 22.8. The Morgan fingerprint density at radius 2 is 2.20 bits per heavy atom. The molecule has 1 aliphatic carbocycles. The van der Waals surface area contributed by atoms with Gasteiger partial charge in [-0.15, -0.1) is 0 Å².